The van der Waals surface area contributed by atoms with E-state index < -0.39 is 0 Å². The summed E-state index contributed by atoms with van der Waals surface area (Å²) in [6.07, 6.45) is 7.84. The molecule has 4 heteroatoms. The average molecular weight is 263 g/mol. The van der Waals surface area contributed by atoms with Gasteiger partial charge in [-0.1, -0.05) is 6.92 Å². The molecule has 2 atom stereocenters. The van der Waals surface area contributed by atoms with Gasteiger partial charge in [0, 0.05) is 18.8 Å². The van der Waals surface area contributed by atoms with Crippen molar-refractivity contribution in [1.29, 1.82) is 0 Å². The Kier molecular flexibility index (Phi) is 5.61. The minimum atomic E-state index is 0.425. The fraction of sp³-hybridized carbons (Fsp3) is 0.667. The molecule has 4 nitrogen and oxygen atoms in total. The Bertz CT molecular complexity index is 377. The van der Waals surface area contributed by atoms with Gasteiger partial charge in [-0.15, -0.1) is 0 Å². The van der Waals surface area contributed by atoms with Gasteiger partial charge in [0.2, 0.25) is 0 Å². The highest BCUT2D eigenvalue weighted by atomic mass is 16.5. The molecule has 2 rings (SSSR count). The van der Waals surface area contributed by atoms with Crippen LogP contribution in [0.1, 0.15) is 38.2 Å². The lowest BCUT2D eigenvalue weighted by atomic mass is 9.99. The lowest BCUT2D eigenvalue weighted by Gasteiger charge is -2.22. The van der Waals surface area contributed by atoms with Crippen LogP contribution in [-0.2, 0) is 11.2 Å². The first kappa shape index (κ1) is 14.3. The molecule has 2 unspecified atom stereocenters. The molecule has 106 valence electrons. The van der Waals surface area contributed by atoms with Gasteiger partial charge < -0.3 is 15.8 Å². The van der Waals surface area contributed by atoms with Crippen LogP contribution in [0, 0.1) is 0 Å². The Balaban J connectivity index is 1.92. The van der Waals surface area contributed by atoms with Gasteiger partial charge >= 0.3 is 0 Å². The average Bonchev–Trinajstić information content (AvgIpc) is 2.89. The van der Waals surface area contributed by atoms with E-state index in [2.05, 4.69) is 17.2 Å². The third-order valence-corrected chi connectivity index (χ3v) is 3.58. The minimum absolute atomic E-state index is 0.425. The van der Waals surface area contributed by atoms with Crippen molar-refractivity contribution < 1.29 is 4.74 Å². The molecular weight excluding hydrogens is 238 g/mol. The molecule has 1 aliphatic rings. The standard InChI is InChI=1S/C15H25N3O/c1-2-6-17-13(11-14-4-3-8-19-14)9-12-5-7-18-15(16)10-12/h5,7,10,13-14,17H,2-4,6,8-9,11H2,1H3,(H2,16,18). The van der Waals surface area contributed by atoms with Gasteiger partial charge in [-0.3, -0.25) is 0 Å². The van der Waals surface area contributed by atoms with E-state index in [-0.39, 0.29) is 0 Å². The quantitative estimate of drug-likeness (QED) is 0.791. The molecule has 2 heterocycles. The van der Waals surface area contributed by atoms with Crippen molar-refractivity contribution in [3.8, 4) is 0 Å². The molecule has 0 saturated carbocycles. The van der Waals surface area contributed by atoms with Crippen LogP contribution in [0.5, 0.6) is 0 Å². The molecule has 1 fully saturated rings. The van der Waals surface area contributed by atoms with Crippen LogP contribution < -0.4 is 11.1 Å². The van der Waals surface area contributed by atoms with Crippen molar-refractivity contribution in [2.24, 2.45) is 0 Å². The summed E-state index contributed by atoms with van der Waals surface area (Å²) >= 11 is 0. The number of rotatable bonds is 7. The number of nitrogen functional groups attached to an aromatic ring is 1. The van der Waals surface area contributed by atoms with Crippen LogP contribution >= 0.6 is 0 Å². The summed E-state index contributed by atoms with van der Waals surface area (Å²) in [5, 5.41) is 3.62. The molecule has 0 aliphatic carbocycles. The van der Waals surface area contributed by atoms with Crippen LogP contribution in [0.15, 0.2) is 18.3 Å². The third-order valence-electron chi connectivity index (χ3n) is 3.58. The smallest absolute Gasteiger partial charge is 0.123 e. The number of anilines is 1. The molecule has 19 heavy (non-hydrogen) atoms. The summed E-state index contributed by atoms with van der Waals surface area (Å²) < 4.78 is 5.75. The normalized spacial score (nSPS) is 20.6. The third kappa shape index (κ3) is 4.80. The Labute approximate surface area is 115 Å². The molecule has 0 bridgehead atoms. The van der Waals surface area contributed by atoms with Gasteiger partial charge in [0.15, 0.2) is 0 Å². The molecule has 1 aliphatic heterocycles. The van der Waals surface area contributed by atoms with Crippen molar-refractivity contribution >= 4 is 5.82 Å². The number of hydrogen-bond donors (Lipinski definition) is 2. The van der Waals surface area contributed by atoms with Crippen molar-refractivity contribution in [3.05, 3.63) is 23.9 Å². The van der Waals surface area contributed by atoms with E-state index in [1.807, 2.05) is 12.1 Å². The summed E-state index contributed by atoms with van der Waals surface area (Å²) in [6, 6.07) is 4.48. The van der Waals surface area contributed by atoms with Crippen LogP contribution in [0.2, 0.25) is 0 Å². The van der Waals surface area contributed by atoms with Gasteiger partial charge in [0.25, 0.3) is 0 Å². The SMILES string of the molecule is CCCNC(Cc1ccnc(N)c1)CC1CCCO1. The number of pyridine rings is 1. The zero-order chi connectivity index (χ0) is 13.5. The molecule has 1 saturated heterocycles. The Morgan fingerprint density at radius 2 is 2.47 bits per heavy atom. The molecule has 1 aromatic rings. The predicted molar refractivity (Wildman–Crippen MR) is 78.0 cm³/mol. The lowest BCUT2D eigenvalue weighted by Crippen LogP contribution is -2.35. The van der Waals surface area contributed by atoms with Crippen molar-refractivity contribution in [1.82, 2.24) is 10.3 Å². The molecule has 3 N–H and O–H groups in total. The first-order valence-electron chi connectivity index (χ1n) is 7.33. The first-order chi connectivity index (χ1) is 9.28. The maximum Gasteiger partial charge on any atom is 0.123 e. The number of nitrogens with zero attached hydrogens (tertiary/aromatic N) is 1. The van der Waals surface area contributed by atoms with E-state index in [4.69, 9.17) is 10.5 Å². The van der Waals surface area contributed by atoms with Gasteiger partial charge in [0.05, 0.1) is 6.10 Å². The zero-order valence-corrected chi connectivity index (χ0v) is 11.8. The molecule has 0 spiro atoms. The van der Waals surface area contributed by atoms with Crippen molar-refractivity contribution in [2.75, 3.05) is 18.9 Å². The molecule has 0 radical (unpaired) electrons. The number of aromatic nitrogens is 1. The number of ether oxygens (including phenoxy) is 1. The highest BCUT2D eigenvalue weighted by Crippen LogP contribution is 2.19. The minimum Gasteiger partial charge on any atom is -0.384 e. The van der Waals surface area contributed by atoms with Gasteiger partial charge in [-0.05, 0) is 56.3 Å². The van der Waals surface area contributed by atoms with Crippen LogP contribution in [0.3, 0.4) is 0 Å². The number of nitrogens with two attached hydrogens (primary N) is 1. The number of nitrogens with one attached hydrogen (secondary N) is 1. The summed E-state index contributed by atoms with van der Waals surface area (Å²) in [7, 11) is 0. The second-order valence-corrected chi connectivity index (χ2v) is 5.31. The predicted octanol–water partition coefficient (Wildman–Crippen LogP) is 2.14. The first-order valence-corrected chi connectivity index (χ1v) is 7.33. The maximum absolute atomic E-state index is 5.75. The van der Waals surface area contributed by atoms with E-state index in [0.717, 1.165) is 32.4 Å². The van der Waals surface area contributed by atoms with Crippen molar-refractivity contribution in [2.45, 2.75) is 51.2 Å². The lowest BCUT2D eigenvalue weighted by molar-refractivity contribution is 0.0946. The van der Waals surface area contributed by atoms with E-state index >= 15 is 0 Å². The van der Waals surface area contributed by atoms with Crippen LogP contribution in [-0.4, -0.2) is 30.3 Å². The fourth-order valence-electron chi connectivity index (χ4n) is 2.64. The Morgan fingerprint density at radius 1 is 1.58 bits per heavy atom. The fourth-order valence-corrected chi connectivity index (χ4v) is 2.64. The highest BCUT2D eigenvalue weighted by molar-refractivity contribution is 5.32. The monoisotopic (exact) mass is 263 g/mol. The van der Waals surface area contributed by atoms with E-state index in [0.29, 0.717) is 18.0 Å². The highest BCUT2D eigenvalue weighted by Gasteiger charge is 2.20. The Morgan fingerprint density at radius 3 is 3.16 bits per heavy atom. The number of hydrogen-bond acceptors (Lipinski definition) is 4. The second kappa shape index (κ2) is 7.46. The topological polar surface area (TPSA) is 60.2 Å². The summed E-state index contributed by atoms with van der Waals surface area (Å²) in [5.74, 6) is 0.601. The molecule has 0 amide bonds. The summed E-state index contributed by atoms with van der Waals surface area (Å²) in [5.41, 5.74) is 6.99. The van der Waals surface area contributed by atoms with E-state index in [1.165, 1.54) is 18.4 Å². The maximum atomic E-state index is 5.75. The summed E-state index contributed by atoms with van der Waals surface area (Å²) in [4.78, 5) is 4.05. The molecule has 0 aromatic carbocycles. The second-order valence-electron chi connectivity index (χ2n) is 5.31. The van der Waals surface area contributed by atoms with Crippen molar-refractivity contribution in [3.63, 3.8) is 0 Å². The molecular formula is C15H25N3O. The zero-order valence-electron chi connectivity index (χ0n) is 11.8. The van der Waals surface area contributed by atoms with Gasteiger partial charge in [-0.25, -0.2) is 4.98 Å². The van der Waals surface area contributed by atoms with E-state index in [9.17, 15) is 0 Å². The van der Waals surface area contributed by atoms with Gasteiger partial charge in [-0.2, -0.15) is 0 Å². The largest absolute Gasteiger partial charge is 0.384 e. The van der Waals surface area contributed by atoms with Crippen LogP contribution in [0.25, 0.3) is 0 Å². The Hall–Kier alpha value is -1.13. The molecule has 1 aromatic heterocycles. The van der Waals surface area contributed by atoms with Crippen LogP contribution in [0.4, 0.5) is 5.82 Å². The van der Waals surface area contributed by atoms with E-state index in [1.54, 1.807) is 6.20 Å². The van der Waals surface area contributed by atoms with Gasteiger partial charge in [0.1, 0.15) is 5.82 Å². The summed E-state index contributed by atoms with van der Waals surface area (Å²) in [6.45, 7) is 4.17.